The Morgan fingerprint density at radius 1 is 1.32 bits per heavy atom. The summed E-state index contributed by atoms with van der Waals surface area (Å²) in [6, 6.07) is 9.92. The molecule has 0 fully saturated rings. The molecule has 0 aliphatic heterocycles. The van der Waals surface area contributed by atoms with Crippen LogP contribution in [0.25, 0.3) is 0 Å². The lowest BCUT2D eigenvalue weighted by Gasteiger charge is -2.23. The fourth-order valence-electron chi connectivity index (χ4n) is 2.25. The van der Waals surface area contributed by atoms with Crippen molar-refractivity contribution in [2.75, 3.05) is 13.1 Å². The van der Waals surface area contributed by atoms with Crippen molar-refractivity contribution in [3.8, 4) is 0 Å². The Kier molecular flexibility index (Phi) is 4.92. The number of imidazole rings is 1. The monoisotopic (exact) mass is 302 g/mol. The predicted octanol–water partition coefficient (Wildman–Crippen LogP) is 3.02. The lowest BCUT2D eigenvalue weighted by atomic mass is 9.96. The minimum Gasteiger partial charge on any atom is -0.358 e. The van der Waals surface area contributed by atoms with E-state index in [0.717, 1.165) is 12.1 Å². The number of nitrogens with zero attached hydrogens (tertiary/aromatic N) is 3. The minimum absolute atomic E-state index is 0.0234. The third kappa shape index (κ3) is 4.39. The summed E-state index contributed by atoms with van der Waals surface area (Å²) < 4.78 is 1.79. The van der Waals surface area contributed by atoms with Gasteiger partial charge >= 0.3 is 5.82 Å². The Morgan fingerprint density at radius 3 is 2.55 bits per heavy atom. The predicted molar refractivity (Wildman–Crippen MR) is 85.8 cm³/mol. The van der Waals surface area contributed by atoms with Crippen LogP contribution in [0.15, 0.2) is 42.9 Å². The molecule has 22 heavy (non-hydrogen) atoms. The van der Waals surface area contributed by atoms with Crippen molar-refractivity contribution in [2.24, 2.45) is 5.41 Å². The van der Waals surface area contributed by atoms with Crippen molar-refractivity contribution in [2.45, 2.75) is 26.8 Å². The summed E-state index contributed by atoms with van der Waals surface area (Å²) in [5.41, 5.74) is 1.28. The molecule has 0 unspecified atom stereocenters. The van der Waals surface area contributed by atoms with Crippen molar-refractivity contribution < 1.29 is 4.92 Å². The van der Waals surface area contributed by atoms with E-state index in [1.165, 1.54) is 12.5 Å². The first-order chi connectivity index (χ1) is 10.4. The Morgan fingerprint density at radius 2 is 2.00 bits per heavy atom. The molecule has 6 nitrogen and oxygen atoms in total. The molecule has 0 spiro atoms. The minimum atomic E-state index is -0.471. The van der Waals surface area contributed by atoms with E-state index < -0.39 is 4.92 Å². The zero-order valence-corrected chi connectivity index (χ0v) is 13.2. The second-order valence-electron chi connectivity index (χ2n) is 6.55. The molecule has 0 bridgehead atoms. The topological polar surface area (TPSA) is 73.0 Å². The molecule has 0 aliphatic carbocycles. The zero-order valence-electron chi connectivity index (χ0n) is 13.2. The molecule has 1 N–H and O–H groups in total. The molecule has 6 heteroatoms. The normalized spacial score (nSPS) is 13.0. The van der Waals surface area contributed by atoms with Gasteiger partial charge in [0.05, 0.1) is 6.04 Å². The fraction of sp³-hybridized carbons (Fsp3) is 0.438. The summed E-state index contributed by atoms with van der Waals surface area (Å²) in [5.74, 6) is -0.128. The van der Waals surface area contributed by atoms with Crippen molar-refractivity contribution in [3.63, 3.8) is 0 Å². The highest BCUT2D eigenvalue weighted by Gasteiger charge is 2.19. The number of aromatic nitrogens is 2. The number of nitro groups is 1. The number of rotatable bonds is 6. The van der Waals surface area contributed by atoms with Gasteiger partial charge in [-0.3, -0.25) is 0 Å². The van der Waals surface area contributed by atoms with Crippen molar-refractivity contribution in [3.05, 3.63) is 58.5 Å². The second kappa shape index (κ2) is 6.70. The molecule has 0 amide bonds. The molecule has 0 aliphatic rings. The molecule has 0 radical (unpaired) electrons. The Balaban J connectivity index is 2.19. The van der Waals surface area contributed by atoms with Crippen LogP contribution >= 0.6 is 0 Å². The Bertz CT molecular complexity index is 617. The summed E-state index contributed by atoms with van der Waals surface area (Å²) >= 11 is 0. The molecular formula is C16H22N4O2. The van der Waals surface area contributed by atoms with Crippen LogP contribution in [0.5, 0.6) is 0 Å². The summed E-state index contributed by atoms with van der Waals surface area (Å²) in [6.45, 7) is 8.06. The van der Waals surface area contributed by atoms with Crippen molar-refractivity contribution in [1.29, 1.82) is 0 Å². The molecule has 2 rings (SSSR count). The van der Waals surface area contributed by atoms with E-state index in [4.69, 9.17) is 0 Å². The smallest absolute Gasteiger partial charge is 0.358 e. The lowest BCUT2D eigenvalue weighted by Crippen LogP contribution is -2.32. The maximum Gasteiger partial charge on any atom is 0.381 e. The highest BCUT2D eigenvalue weighted by Crippen LogP contribution is 2.20. The standard InChI is InChI=1S/C16H22N4O2/c1-16(2,3)11-17-9-14(13-7-5-4-6-8-13)19-10-15(18-12-19)20(21)22/h4-8,10,12,14,17H,9,11H2,1-3H3/t14-/m0/s1. The zero-order chi connectivity index (χ0) is 16.2. The van der Waals surface area contributed by atoms with Gasteiger partial charge in [0.25, 0.3) is 0 Å². The van der Waals surface area contributed by atoms with E-state index in [9.17, 15) is 10.1 Å². The second-order valence-corrected chi connectivity index (χ2v) is 6.55. The van der Waals surface area contributed by atoms with Crippen LogP contribution < -0.4 is 5.32 Å². The molecule has 2 aromatic rings. The van der Waals surface area contributed by atoms with E-state index in [0.29, 0.717) is 6.54 Å². The van der Waals surface area contributed by atoms with Gasteiger partial charge in [-0.2, -0.15) is 0 Å². The highest BCUT2D eigenvalue weighted by atomic mass is 16.6. The van der Waals surface area contributed by atoms with E-state index in [2.05, 4.69) is 31.1 Å². The number of hydrogen-bond acceptors (Lipinski definition) is 4. The van der Waals surface area contributed by atoms with Gasteiger partial charge in [0.15, 0.2) is 0 Å². The first kappa shape index (κ1) is 16.2. The molecule has 1 heterocycles. The summed E-state index contributed by atoms with van der Waals surface area (Å²) in [6.07, 6.45) is 3.00. The van der Waals surface area contributed by atoms with Gasteiger partial charge in [0.2, 0.25) is 6.33 Å². The van der Waals surface area contributed by atoms with Crippen LogP contribution in [0.4, 0.5) is 5.82 Å². The molecular weight excluding hydrogens is 280 g/mol. The maximum absolute atomic E-state index is 10.8. The van der Waals surface area contributed by atoms with Crippen molar-refractivity contribution in [1.82, 2.24) is 14.9 Å². The van der Waals surface area contributed by atoms with Crippen LogP contribution in [0.1, 0.15) is 32.4 Å². The van der Waals surface area contributed by atoms with Gasteiger partial charge in [0.1, 0.15) is 6.20 Å². The summed E-state index contributed by atoms with van der Waals surface area (Å²) in [4.78, 5) is 14.2. The van der Waals surface area contributed by atoms with Crippen molar-refractivity contribution >= 4 is 5.82 Å². The van der Waals surface area contributed by atoms with Crippen LogP contribution in [0.3, 0.4) is 0 Å². The van der Waals surface area contributed by atoms with Crippen LogP contribution in [0.2, 0.25) is 0 Å². The average molecular weight is 302 g/mol. The Hall–Kier alpha value is -2.21. The quantitative estimate of drug-likeness (QED) is 0.657. The number of benzene rings is 1. The largest absolute Gasteiger partial charge is 0.381 e. The van der Waals surface area contributed by atoms with E-state index in [-0.39, 0.29) is 17.3 Å². The van der Waals surface area contributed by atoms with Crippen LogP contribution in [-0.2, 0) is 0 Å². The van der Waals surface area contributed by atoms with Gasteiger partial charge in [-0.15, -0.1) is 0 Å². The first-order valence-electron chi connectivity index (χ1n) is 7.30. The lowest BCUT2D eigenvalue weighted by molar-refractivity contribution is -0.389. The third-order valence-corrected chi connectivity index (χ3v) is 3.31. The van der Waals surface area contributed by atoms with Gasteiger partial charge < -0.3 is 20.0 Å². The van der Waals surface area contributed by atoms with Gasteiger partial charge in [-0.05, 0) is 20.9 Å². The fourth-order valence-corrected chi connectivity index (χ4v) is 2.25. The highest BCUT2D eigenvalue weighted by molar-refractivity contribution is 5.23. The molecule has 118 valence electrons. The summed E-state index contributed by atoms with van der Waals surface area (Å²) in [5, 5.41) is 14.3. The SMILES string of the molecule is CC(C)(C)CNC[C@@H](c1ccccc1)n1cnc([N+](=O)[O-])c1. The molecule has 0 saturated carbocycles. The first-order valence-corrected chi connectivity index (χ1v) is 7.30. The van der Waals surface area contributed by atoms with Gasteiger partial charge in [0, 0.05) is 13.1 Å². The molecule has 1 aromatic carbocycles. The molecule has 0 saturated heterocycles. The van der Waals surface area contributed by atoms with E-state index in [1.807, 2.05) is 30.3 Å². The van der Waals surface area contributed by atoms with E-state index >= 15 is 0 Å². The molecule has 1 atom stereocenters. The van der Waals surface area contributed by atoms with Crippen LogP contribution in [-0.4, -0.2) is 27.6 Å². The maximum atomic E-state index is 10.8. The number of hydrogen-bond donors (Lipinski definition) is 1. The molecule has 1 aromatic heterocycles. The van der Waals surface area contributed by atoms with Crippen LogP contribution in [0, 0.1) is 15.5 Å². The van der Waals surface area contributed by atoms with Gasteiger partial charge in [-0.25, -0.2) is 0 Å². The Labute approximate surface area is 130 Å². The van der Waals surface area contributed by atoms with Gasteiger partial charge in [-0.1, -0.05) is 51.1 Å². The van der Waals surface area contributed by atoms with E-state index in [1.54, 1.807) is 4.57 Å². The summed E-state index contributed by atoms with van der Waals surface area (Å²) in [7, 11) is 0. The average Bonchev–Trinajstić information content (AvgIpc) is 2.93. The number of nitrogens with one attached hydrogen (secondary N) is 1. The third-order valence-electron chi connectivity index (χ3n) is 3.31.